The zero-order valence-corrected chi connectivity index (χ0v) is 6.75. The molecular weight excluding hydrogens is 132 g/mol. The third-order valence-electron chi connectivity index (χ3n) is 0.654. The molecule has 0 radical (unpaired) electrons. The number of rotatable bonds is 4. The standard InChI is InChI=1S/C7H12OS/c1-6(2)4-9-5-7(3)8/h1,4-5H2,2-3H3. The molecule has 1 nitrogen and oxygen atoms in total. The van der Waals surface area contributed by atoms with E-state index in [1.54, 1.807) is 18.7 Å². The Labute approximate surface area is 60.5 Å². The van der Waals surface area contributed by atoms with Crippen molar-refractivity contribution in [3.63, 3.8) is 0 Å². The van der Waals surface area contributed by atoms with Crippen molar-refractivity contribution in [3.05, 3.63) is 12.2 Å². The Balaban J connectivity index is 3.10. The monoisotopic (exact) mass is 144 g/mol. The summed E-state index contributed by atoms with van der Waals surface area (Å²) in [5.74, 6) is 1.76. The first-order valence-electron chi connectivity index (χ1n) is 2.84. The van der Waals surface area contributed by atoms with Crippen molar-refractivity contribution in [2.75, 3.05) is 11.5 Å². The molecule has 0 fully saturated rings. The number of hydrogen-bond donors (Lipinski definition) is 0. The normalized spacial score (nSPS) is 9.11. The molecule has 0 saturated heterocycles. The fraction of sp³-hybridized carbons (Fsp3) is 0.571. The maximum atomic E-state index is 10.4. The van der Waals surface area contributed by atoms with Gasteiger partial charge in [-0.2, -0.15) is 0 Å². The number of thioether (sulfide) groups is 1. The Morgan fingerprint density at radius 1 is 1.44 bits per heavy atom. The molecule has 0 aliphatic rings. The Bertz CT molecular complexity index is 104. The van der Waals surface area contributed by atoms with Gasteiger partial charge in [0.05, 0.1) is 5.75 Å². The largest absolute Gasteiger partial charge is 0.299 e. The average Bonchev–Trinajstić information content (AvgIpc) is 1.63. The number of hydrogen-bond acceptors (Lipinski definition) is 2. The average molecular weight is 144 g/mol. The van der Waals surface area contributed by atoms with Crippen LogP contribution in [0.15, 0.2) is 12.2 Å². The van der Waals surface area contributed by atoms with Gasteiger partial charge in [0, 0.05) is 5.75 Å². The van der Waals surface area contributed by atoms with Crippen molar-refractivity contribution >= 4 is 17.5 Å². The highest BCUT2D eigenvalue weighted by Crippen LogP contribution is 2.04. The topological polar surface area (TPSA) is 17.1 Å². The summed E-state index contributed by atoms with van der Waals surface area (Å²) >= 11 is 1.62. The second-order valence-corrected chi connectivity index (χ2v) is 3.14. The van der Waals surface area contributed by atoms with E-state index in [2.05, 4.69) is 6.58 Å². The van der Waals surface area contributed by atoms with E-state index >= 15 is 0 Å². The third kappa shape index (κ3) is 7.76. The van der Waals surface area contributed by atoms with E-state index in [4.69, 9.17) is 0 Å². The van der Waals surface area contributed by atoms with Crippen LogP contribution in [0.1, 0.15) is 13.8 Å². The summed E-state index contributed by atoms with van der Waals surface area (Å²) in [6.45, 7) is 7.29. The summed E-state index contributed by atoms with van der Waals surface area (Å²) in [6, 6.07) is 0. The first-order chi connectivity index (χ1) is 4.13. The molecule has 2 heteroatoms. The molecule has 0 bridgehead atoms. The van der Waals surface area contributed by atoms with Gasteiger partial charge in [0.15, 0.2) is 0 Å². The lowest BCUT2D eigenvalue weighted by molar-refractivity contribution is -0.114. The van der Waals surface area contributed by atoms with Crippen molar-refractivity contribution in [2.24, 2.45) is 0 Å². The van der Waals surface area contributed by atoms with E-state index in [1.807, 2.05) is 6.92 Å². The Morgan fingerprint density at radius 3 is 2.33 bits per heavy atom. The minimum atomic E-state index is 0.237. The van der Waals surface area contributed by atoms with Gasteiger partial charge < -0.3 is 0 Å². The van der Waals surface area contributed by atoms with Crippen molar-refractivity contribution in [3.8, 4) is 0 Å². The molecule has 0 aliphatic heterocycles. The van der Waals surface area contributed by atoms with Crippen LogP contribution >= 0.6 is 11.8 Å². The summed E-state index contributed by atoms with van der Waals surface area (Å²) < 4.78 is 0. The fourth-order valence-electron chi connectivity index (χ4n) is 0.369. The molecule has 0 N–H and O–H groups in total. The van der Waals surface area contributed by atoms with Crippen LogP contribution in [0, 0.1) is 0 Å². The molecule has 0 aromatic heterocycles. The molecule has 0 heterocycles. The maximum Gasteiger partial charge on any atom is 0.139 e. The molecule has 0 aromatic rings. The van der Waals surface area contributed by atoms with Gasteiger partial charge in [-0.25, -0.2) is 0 Å². The molecule has 0 aromatic carbocycles. The molecule has 0 unspecified atom stereocenters. The van der Waals surface area contributed by atoms with Gasteiger partial charge in [0.2, 0.25) is 0 Å². The van der Waals surface area contributed by atoms with Gasteiger partial charge in [0.1, 0.15) is 5.78 Å². The van der Waals surface area contributed by atoms with Crippen LogP contribution in [-0.4, -0.2) is 17.3 Å². The number of carbonyl (C=O) groups excluding carboxylic acids is 1. The van der Waals surface area contributed by atoms with Crippen LogP contribution in [-0.2, 0) is 4.79 Å². The van der Waals surface area contributed by atoms with Crippen LogP contribution < -0.4 is 0 Å². The first kappa shape index (κ1) is 8.76. The van der Waals surface area contributed by atoms with E-state index < -0.39 is 0 Å². The van der Waals surface area contributed by atoms with E-state index in [0.717, 1.165) is 11.3 Å². The van der Waals surface area contributed by atoms with Crippen LogP contribution in [0.5, 0.6) is 0 Å². The highest BCUT2D eigenvalue weighted by Gasteiger charge is 1.92. The highest BCUT2D eigenvalue weighted by molar-refractivity contribution is 8.00. The third-order valence-corrected chi connectivity index (χ3v) is 1.96. The van der Waals surface area contributed by atoms with Gasteiger partial charge in [-0.1, -0.05) is 12.2 Å². The van der Waals surface area contributed by atoms with Crippen LogP contribution in [0.4, 0.5) is 0 Å². The summed E-state index contributed by atoms with van der Waals surface area (Å²) in [5.41, 5.74) is 1.13. The molecule has 0 amide bonds. The minimum absolute atomic E-state index is 0.237. The minimum Gasteiger partial charge on any atom is -0.299 e. The lowest BCUT2D eigenvalue weighted by Gasteiger charge is -1.94. The van der Waals surface area contributed by atoms with E-state index in [1.165, 1.54) is 0 Å². The summed E-state index contributed by atoms with van der Waals surface area (Å²) in [6.07, 6.45) is 0. The van der Waals surface area contributed by atoms with Gasteiger partial charge in [-0.15, -0.1) is 11.8 Å². The Kier molecular flexibility index (Phi) is 4.50. The highest BCUT2D eigenvalue weighted by atomic mass is 32.2. The second-order valence-electron chi connectivity index (χ2n) is 2.15. The van der Waals surface area contributed by atoms with Gasteiger partial charge in [-0.05, 0) is 13.8 Å². The fourth-order valence-corrected chi connectivity index (χ4v) is 1.11. The Morgan fingerprint density at radius 2 is 2.00 bits per heavy atom. The van der Waals surface area contributed by atoms with Gasteiger partial charge >= 0.3 is 0 Å². The van der Waals surface area contributed by atoms with Crippen molar-refractivity contribution in [1.82, 2.24) is 0 Å². The smallest absolute Gasteiger partial charge is 0.139 e. The van der Waals surface area contributed by atoms with Gasteiger partial charge in [-0.3, -0.25) is 4.79 Å². The predicted octanol–water partition coefficient (Wildman–Crippen LogP) is 1.88. The molecule has 9 heavy (non-hydrogen) atoms. The lowest BCUT2D eigenvalue weighted by atomic mass is 10.4. The molecule has 0 atom stereocenters. The predicted molar refractivity (Wildman–Crippen MR) is 42.8 cm³/mol. The number of ketones is 1. The zero-order valence-electron chi connectivity index (χ0n) is 5.94. The van der Waals surface area contributed by atoms with Crippen LogP contribution in [0.3, 0.4) is 0 Å². The lowest BCUT2D eigenvalue weighted by Crippen LogP contribution is -1.94. The van der Waals surface area contributed by atoms with Crippen molar-refractivity contribution < 1.29 is 4.79 Å². The summed E-state index contributed by atoms with van der Waals surface area (Å²) in [4.78, 5) is 10.4. The van der Waals surface area contributed by atoms with Crippen LogP contribution in [0.2, 0.25) is 0 Å². The van der Waals surface area contributed by atoms with Gasteiger partial charge in [0.25, 0.3) is 0 Å². The van der Waals surface area contributed by atoms with Crippen molar-refractivity contribution in [2.45, 2.75) is 13.8 Å². The van der Waals surface area contributed by atoms with E-state index in [0.29, 0.717) is 5.75 Å². The molecule has 0 aliphatic carbocycles. The molecule has 0 spiro atoms. The van der Waals surface area contributed by atoms with E-state index in [-0.39, 0.29) is 5.78 Å². The Hall–Kier alpha value is -0.240. The molecular formula is C7H12OS. The maximum absolute atomic E-state index is 10.4. The molecule has 52 valence electrons. The summed E-state index contributed by atoms with van der Waals surface area (Å²) in [5, 5.41) is 0. The second kappa shape index (κ2) is 4.62. The number of carbonyl (C=O) groups is 1. The first-order valence-corrected chi connectivity index (χ1v) is 4.00. The number of Topliss-reactive ketones (excluding diaryl/α,β-unsaturated/α-hetero) is 1. The van der Waals surface area contributed by atoms with E-state index in [9.17, 15) is 4.79 Å². The molecule has 0 saturated carbocycles. The SMILES string of the molecule is C=C(C)CSCC(C)=O. The van der Waals surface area contributed by atoms with Crippen LogP contribution in [0.25, 0.3) is 0 Å². The quantitative estimate of drug-likeness (QED) is 0.560. The zero-order chi connectivity index (χ0) is 7.28. The molecule has 0 rings (SSSR count). The van der Waals surface area contributed by atoms with Crippen molar-refractivity contribution in [1.29, 1.82) is 0 Å². The summed E-state index contributed by atoms with van der Waals surface area (Å²) in [7, 11) is 0.